The summed E-state index contributed by atoms with van der Waals surface area (Å²) in [7, 11) is 1.84. The molecule has 14 heavy (non-hydrogen) atoms. The highest BCUT2D eigenvalue weighted by Gasteiger charge is 2.14. The molecule has 2 aromatic rings. The maximum absolute atomic E-state index is 5.89. The van der Waals surface area contributed by atoms with Crippen LogP contribution in [0.3, 0.4) is 0 Å². The normalized spacial score (nSPS) is 10.7. The van der Waals surface area contributed by atoms with Gasteiger partial charge < -0.3 is 5.73 Å². The number of rotatable bonds is 2. The Morgan fingerprint density at radius 2 is 2.36 bits per heavy atom. The minimum absolute atomic E-state index is 0.720. The molecule has 0 bridgehead atoms. The number of aryl methyl sites for hydroxylation is 1. The van der Waals surface area contributed by atoms with Gasteiger partial charge in [0.25, 0.3) is 0 Å². The largest absolute Gasteiger partial charge is 0.384 e. The van der Waals surface area contributed by atoms with Crippen LogP contribution in [0.4, 0.5) is 5.82 Å². The molecular weight excluding hydrogens is 178 g/mol. The standard InChI is InChI=1S/C9H13N5/c1-3-6-8(7-4-5-11-12-7)13-14(2)9(6)10/h4-5H,3,10H2,1-2H3,(H,11,12). The number of nitrogens with two attached hydrogens (primary N) is 1. The average Bonchev–Trinajstić information content (AvgIpc) is 2.76. The fourth-order valence-corrected chi connectivity index (χ4v) is 1.53. The molecule has 2 rings (SSSR count). The summed E-state index contributed by atoms with van der Waals surface area (Å²) in [4.78, 5) is 0. The third-order valence-corrected chi connectivity index (χ3v) is 2.30. The van der Waals surface area contributed by atoms with Gasteiger partial charge in [0.15, 0.2) is 0 Å². The third-order valence-electron chi connectivity index (χ3n) is 2.30. The van der Waals surface area contributed by atoms with Crippen LogP contribution in [0.1, 0.15) is 12.5 Å². The Morgan fingerprint density at radius 1 is 1.57 bits per heavy atom. The summed E-state index contributed by atoms with van der Waals surface area (Å²) >= 11 is 0. The Morgan fingerprint density at radius 3 is 2.93 bits per heavy atom. The van der Waals surface area contributed by atoms with E-state index in [4.69, 9.17) is 5.73 Å². The summed E-state index contributed by atoms with van der Waals surface area (Å²) < 4.78 is 1.69. The van der Waals surface area contributed by atoms with E-state index in [0.717, 1.165) is 29.2 Å². The lowest BCUT2D eigenvalue weighted by Gasteiger charge is -1.96. The molecule has 0 atom stereocenters. The molecule has 5 heteroatoms. The lowest BCUT2D eigenvalue weighted by atomic mass is 10.1. The smallest absolute Gasteiger partial charge is 0.125 e. The Hall–Kier alpha value is -1.78. The Kier molecular flexibility index (Phi) is 1.99. The molecule has 0 radical (unpaired) electrons. The number of nitrogen functional groups attached to an aromatic ring is 1. The molecule has 0 aliphatic heterocycles. The van der Waals surface area contributed by atoms with E-state index >= 15 is 0 Å². The van der Waals surface area contributed by atoms with Crippen LogP contribution < -0.4 is 5.73 Å². The Labute approximate surface area is 81.9 Å². The molecule has 5 nitrogen and oxygen atoms in total. The number of nitrogens with zero attached hydrogens (tertiary/aromatic N) is 3. The summed E-state index contributed by atoms with van der Waals surface area (Å²) in [5, 5.41) is 11.1. The van der Waals surface area contributed by atoms with Crippen LogP contribution in [0.25, 0.3) is 11.4 Å². The van der Waals surface area contributed by atoms with Crippen molar-refractivity contribution in [2.24, 2.45) is 7.05 Å². The first-order valence-corrected chi connectivity index (χ1v) is 4.55. The van der Waals surface area contributed by atoms with Gasteiger partial charge in [0.05, 0.1) is 5.69 Å². The number of nitrogens with one attached hydrogen (secondary N) is 1. The second kappa shape index (κ2) is 3.17. The molecule has 0 saturated carbocycles. The Bertz CT molecular complexity index is 426. The minimum atomic E-state index is 0.720. The highest BCUT2D eigenvalue weighted by atomic mass is 15.3. The number of anilines is 1. The fourth-order valence-electron chi connectivity index (χ4n) is 1.53. The molecule has 0 spiro atoms. The van der Waals surface area contributed by atoms with Gasteiger partial charge in [0.1, 0.15) is 11.5 Å². The van der Waals surface area contributed by atoms with Gasteiger partial charge in [-0.1, -0.05) is 6.92 Å². The minimum Gasteiger partial charge on any atom is -0.384 e. The molecule has 2 heterocycles. The maximum Gasteiger partial charge on any atom is 0.125 e. The van der Waals surface area contributed by atoms with Gasteiger partial charge in [0, 0.05) is 18.8 Å². The van der Waals surface area contributed by atoms with E-state index < -0.39 is 0 Å². The number of hydrogen-bond donors (Lipinski definition) is 2. The molecule has 0 aliphatic carbocycles. The molecule has 0 saturated heterocycles. The van der Waals surface area contributed by atoms with Crippen molar-refractivity contribution in [1.29, 1.82) is 0 Å². The zero-order valence-electron chi connectivity index (χ0n) is 8.28. The lowest BCUT2D eigenvalue weighted by Crippen LogP contribution is -1.98. The topological polar surface area (TPSA) is 72.5 Å². The van der Waals surface area contributed by atoms with Crippen molar-refractivity contribution in [3.8, 4) is 11.4 Å². The van der Waals surface area contributed by atoms with Crippen LogP contribution in [0.2, 0.25) is 0 Å². The van der Waals surface area contributed by atoms with Crippen molar-refractivity contribution in [2.75, 3.05) is 5.73 Å². The van der Waals surface area contributed by atoms with Crippen LogP contribution in [0.5, 0.6) is 0 Å². The van der Waals surface area contributed by atoms with Crippen molar-refractivity contribution in [3.63, 3.8) is 0 Å². The van der Waals surface area contributed by atoms with Crippen molar-refractivity contribution in [2.45, 2.75) is 13.3 Å². The van der Waals surface area contributed by atoms with Gasteiger partial charge in [-0.3, -0.25) is 9.78 Å². The molecule has 3 N–H and O–H groups in total. The predicted octanol–water partition coefficient (Wildman–Crippen LogP) is 0.955. The van der Waals surface area contributed by atoms with E-state index in [1.807, 2.05) is 13.1 Å². The lowest BCUT2D eigenvalue weighted by molar-refractivity contribution is 0.780. The molecule has 0 unspecified atom stereocenters. The number of aromatic amines is 1. The summed E-state index contributed by atoms with van der Waals surface area (Å²) in [6.45, 7) is 2.06. The first-order chi connectivity index (χ1) is 6.74. The molecule has 2 aromatic heterocycles. The van der Waals surface area contributed by atoms with Gasteiger partial charge in [0.2, 0.25) is 0 Å². The van der Waals surface area contributed by atoms with Crippen molar-refractivity contribution < 1.29 is 0 Å². The monoisotopic (exact) mass is 191 g/mol. The molecule has 0 amide bonds. The Balaban J connectivity index is 2.59. The predicted molar refractivity (Wildman–Crippen MR) is 54.6 cm³/mol. The fraction of sp³-hybridized carbons (Fsp3) is 0.333. The third kappa shape index (κ3) is 1.17. The SMILES string of the molecule is CCc1c(-c2ccn[nH]2)nn(C)c1N. The van der Waals surface area contributed by atoms with Gasteiger partial charge in [-0.05, 0) is 12.5 Å². The van der Waals surface area contributed by atoms with E-state index in [1.54, 1.807) is 10.9 Å². The first-order valence-electron chi connectivity index (χ1n) is 4.55. The second-order valence-corrected chi connectivity index (χ2v) is 3.16. The summed E-state index contributed by atoms with van der Waals surface area (Å²) in [5.41, 5.74) is 8.76. The summed E-state index contributed by atoms with van der Waals surface area (Å²) in [6.07, 6.45) is 2.58. The van der Waals surface area contributed by atoms with Crippen LogP contribution in [-0.4, -0.2) is 20.0 Å². The van der Waals surface area contributed by atoms with Crippen LogP contribution >= 0.6 is 0 Å². The van der Waals surface area contributed by atoms with E-state index in [0.29, 0.717) is 0 Å². The van der Waals surface area contributed by atoms with Gasteiger partial charge in [-0.2, -0.15) is 10.2 Å². The molecule has 0 aromatic carbocycles. The number of aromatic nitrogens is 4. The molecule has 74 valence electrons. The van der Waals surface area contributed by atoms with Crippen molar-refractivity contribution in [3.05, 3.63) is 17.8 Å². The quantitative estimate of drug-likeness (QED) is 0.742. The first kappa shape index (κ1) is 8.80. The van der Waals surface area contributed by atoms with Crippen LogP contribution in [0, 0.1) is 0 Å². The molecular formula is C9H13N5. The van der Waals surface area contributed by atoms with Crippen LogP contribution in [-0.2, 0) is 13.5 Å². The van der Waals surface area contributed by atoms with Crippen molar-refractivity contribution >= 4 is 5.82 Å². The van der Waals surface area contributed by atoms with Crippen molar-refractivity contribution in [1.82, 2.24) is 20.0 Å². The summed E-state index contributed by atoms with van der Waals surface area (Å²) in [5.74, 6) is 0.720. The van der Waals surface area contributed by atoms with E-state index in [2.05, 4.69) is 22.2 Å². The average molecular weight is 191 g/mol. The zero-order valence-corrected chi connectivity index (χ0v) is 8.28. The highest BCUT2D eigenvalue weighted by molar-refractivity contribution is 5.64. The maximum atomic E-state index is 5.89. The van der Waals surface area contributed by atoms with Crippen LogP contribution in [0.15, 0.2) is 12.3 Å². The molecule has 0 aliphatic rings. The van der Waals surface area contributed by atoms with E-state index in [1.165, 1.54) is 0 Å². The highest BCUT2D eigenvalue weighted by Crippen LogP contribution is 2.24. The zero-order chi connectivity index (χ0) is 10.1. The van der Waals surface area contributed by atoms with E-state index in [-0.39, 0.29) is 0 Å². The number of hydrogen-bond acceptors (Lipinski definition) is 3. The summed E-state index contributed by atoms with van der Waals surface area (Å²) in [6, 6.07) is 1.89. The van der Waals surface area contributed by atoms with Gasteiger partial charge in [-0.25, -0.2) is 0 Å². The molecule has 0 fully saturated rings. The van der Waals surface area contributed by atoms with Gasteiger partial charge >= 0.3 is 0 Å². The number of H-pyrrole nitrogens is 1. The van der Waals surface area contributed by atoms with E-state index in [9.17, 15) is 0 Å². The van der Waals surface area contributed by atoms with Gasteiger partial charge in [-0.15, -0.1) is 0 Å². The second-order valence-electron chi connectivity index (χ2n) is 3.16.